The van der Waals surface area contributed by atoms with Crippen LogP contribution in [-0.4, -0.2) is 62.7 Å². The molecule has 2 aromatic carbocycles. The summed E-state index contributed by atoms with van der Waals surface area (Å²) in [6.07, 6.45) is 6.85. The molecule has 0 spiro atoms. The highest BCUT2D eigenvalue weighted by atomic mass is 35.5. The summed E-state index contributed by atoms with van der Waals surface area (Å²) in [6, 6.07) is 13.5. The molecule has 218 valence electrons. The van der Waals surface area contributed by atoms with Crippen LogP contribution in [0.3, 0.4) is 0 Å². The number of rotatable bonds is 9. The summed E-state index contributed by atoms with van der Waals surface area (Å²) >= 11 is 12.7. The van der Waals surface area contributed by atoms with Crippen LogP contribution in [0.4, 0.5) is 21.5 Å². The number of nitriles is 1. The molecule has 0 unspecified atom stereocenters. The average molecular weight is 619 g/mol. The van der Waals surface area contributed by atoms with Crippen molar-refractivity contribution in [3.8, 4) is 6.07 Å². The molecule has 0 radical (unpaired) electrons. The molecule has 3 aromatic heterocycles. The molecule has 10 nitrogen and oxygen atoms in total. The fraction of sp³-hybridized carbons (Fsp3) is 0.233. The highest BCUT2D eigenvalue weighted by molar-refractivity contribution is 6.36. The molecule has 4 heterocycles. The molecular formula is C30H26Cl2FN9O. The van der Waals surface area contributed by atoms with Crippen LogP contribution < -0.4 is 10.6 Å². The number of halogens is 3. The molecule has 13 heteroatoms. The maximum Gasteiger partial charge on any atom is 0.141 e. The van der Waals surface area contributed by atoms with Crippen LogP contribution in [0.5, 0.6) is 0 Å². The fourth-order valence-electron chi connectivity index (χ4n) is 4.95. The van der Waals surface area contributed by atoms with Gasteiger partial charge < -0.3 is 15.4 Å². The third-order valence-electron chi connectivity index (χ3n) is 7.16. The number of aromatic nitrogens is 5. The monoisotopic (exact) mass is 617 g/mol. The summed E-state index contributed by atoms with van der Waals surface area (Å²) in [6.45, 7) is 4.82. The lowest BCUT2D eigenvalue weighted by Gasteiger charge is -2.26. The zero-order chi connectivity index (χ0) is 29.8. The van der Waals surface area contributed by atoms with Crippen molar-refractivity contribution in [2.24, 2.45) is 0 Å². The van der Waals surface area contributed by atoms with Crippen LogP contribution in [0.2, 0.25) is 10.0 Å². The molecule has 6 rings (SSSR count). The van der Waals surface area contributed by atoms with E-state index in [0.717, 1.165) is 38.4 Å². The van der Waals surface area contributed by atoms with Crippen molar-refractivity contribution in [3.63, 3.8) is 0 Å². The molecule has 0 aliphatic carbocycles. The van der Waals surface area contributed by atoms with Crippen molar-refractivity contribution in [2.45, 2.75) is 12.6 Å². The minimum atomic E-state index is -0.540. The second-order valence-corrected chi connectivity index (χ2v) is 10.8. The van der Waals surface area contributed by atoms with Gasteiger partial charge in [0.25, 0.3) is 0 Å². The van der Waals surface area contributed by atoms with Crippen LogP contribution in [0, 0.1) is 17.1 Å². The third kappa shape index (κ3) is 6.53. The number of fused-ring (bicyclic) bond motifs is 1. The quantitative estimate of drug-likeness (QED) is 0.211. The zero-order valence-electron chi connectivity index (χ0n) is 22.8. The maximum atomic E-state index is 13.8. The van der Waals surface area contributed by atoms with Gasteiger partial charge in [-0.05, 0) is 42.0 Å². The SMILES string of the molecule is N#Cc1cnc2c(Cl)cc(N[C@@H](c3cccnc3)c3cn(CCN4CCOCC4)nn3)cc2c1Nc1ccc(F)c(Cl)c1. The second kappa shape index (κ2) is 12.9. The van der Waals surface area contributed by atoms with Crippen LogP contribution in [0.15, 0.2) is 67.3 Å². The van der Waals surface area contributed by atoms with Gasteiger partial charge in [0.15, 0.2) is 0 Å². The number of hydrogen-bond donors (Lipinski definition) is 2. The Bertz CT molecular complexity index is 1790. The summed E-state index contributed by atoms with van der Waals surface area (Å²) in [5.74, 6) is -0.540. The number of benzene rings is 2. The first-order valence-corrected chi connectivity index (χ1v) is 14.3. The lowest BCUT2D eigenvalue weighted by atomic mass is 10.0. The van der Waals surface area contributed by atoms with Crippen molar-refractivity contribution < 1.29 is 9.13 Å². The standard InChI is InChI=1S/C30H26Cl2FN9O/c31-24-13-21(3-4-26(24)33)37-28-20(15-34)17-36-30-23(28)12-22(14-25(30)32)38-29(19-2-1-5-35-16-19)27-18-42(40-39-27)7-6-41-8-10-43-11-9-41/h1-5,12-14,16-18,29,38H,6-11H2,(H,36,37)/t29-/m0/s1. The number of nitrogens with one attached hydrogen (secondary N) is 2. The van der Waals surface area contributed by atoms with Gasteiger partial charge in [-0.1, -0.05) is 34.5 Å². The van der Waals surface area contributed by atoms with E-state index in [2.05, 4.69) is 41.9 Å². The van der Waals surface area contributed by atoms with Gasteiger partial charge in [-0.3, -0.25) is 19.5 Å². The maximum absolute atomic E-state index is 13.8. The molecule has 0 saturated carbocycles. The normalized spacial score (nSPS) is 14.4. The number of anilines is 3. The van der Waals surface area contributed by atoms with E-state index in [4.69, 9.17) is 27.9 Å². The number of ether oxygens (including phenoxy) is 1. The molecule has 1 atom stereocenters. The highest BCUT2D eigenvalue weighted by Gasteiger charge is 2.21. The van der Waals surface area contributed by atoms with E-state index in [9.17, 15) is 9.65 Å². The number of morpholine rings is 1. The van der Waals surface area contributed by atoms with Crippen molar-refractivity contribution >= 4 is 51.2 Å². The van der Waals surface area contributed by atoms with Gasteiger partial charge in [-0.15, -0.1) is 5.10 Å². The van der Waals surface area contributed by atoms with Gasteiger partial charge >= 0.3 is 0 Å². The second-order valence-electron chi connectivity index (χ2n) is 9.99. The van der Waals surface area contributed by atoms with E-state index in [1.807, 2.05) is 29.1 Å². The topological polar surface area (TPSA) is 117 Å². The van der Waals surface area contributed by atoms with Crippen molar-refractivity contribution in [1.82, 2.24) is 29.9 Å². The molecule has 1 aliphatic rings. The average Bonchev–Trinajstić information content (AvgIpc) is 3.50. The molecular weight excluding hydrogens is 592 g/mol. The Morgan fingerprint density at radius 3 is 2.65 bits per heavy atom. The Balaban J connectivity index is 1.34. The minimum absolute atomic E-state index is 0.0421. The summed E-state index contributed by atoms with van der Waals surface area (Å²) in [5, 5.41) is 26.4. The van der Waals surface area contributed by atoms with Gasteiger partial charge in [0.2, 0.25) is 0 Å². The Kier molecular flexibility index (Phi) is 8.62. The Morgan fingerprint density at radius 2 is 1.88 bits per heavy atom. The first-order valence-electron chi connectivity index (χ1n) is 13.6. The summed E-state index contributed by atoms with van der Waals surface area (Å²) in [7, 11) is 0. The third-order valence-corrected chi connectivity index (χ3v) is 7.74. The van der Waals surface area contributed by atoms with Crippen LogP contribution in [0.1, 0.15) is 22.9 Å². The minimum Gasteiger partial charge on any atom is -0.379 e. The molecule has 43 heavy (non-hydrogen) atoms. The molecule has 1 saturated heterocycles. The van der Waals surface area contributed by atoms with Gasteiger partial charge in [-0.25, -0.2) is 4.39 Å². The lowest BCUT2D eigenvalue weighted by molar-refractivity contribution is 0.0359. The van der Waals surface area contributed by atoms with Gasteiger partial charge in [-0.2, -0.15) is 5.26 Å². The predicted octanol–water partition coefficient (Wildman–Crippen LogP) is 5.82. The molecule has 0 amide bonds. The first-order chi connectivity index (χ1) is 21.0. The molecule has 5 aromatic rings. The van der Waals surface area contributed by atoms with Crippen LogP contribution >= 0.6 is 23.2 Å². The van der Waals surface area contributed by atoms with Gasteiger partial charge in [0, 0.05) is 55.0 Å². The van der Waals surface area contributed by atoms with Crippen LogP contribution in [0.25, 0.3) is 10.9 Å². The van der Waals surface area contributed by atoms with Gasteiger partial charge in [0.05, 0.1) is 58.8 Å². The number of nitrogens with zero attached hydrogens (tertiary/aromatic N) is 7. The Labute approximate surface area is 257 Å². The van der Waals surface area contributed by atoms with E-state index in [0.29, 0.717) is 45.2 Å². The number of pyridine rings is 2. The largest absolute Gasteiger partial charge is 0.379 e. The molecule has 1 fully saturated rings. The van der Waals surface area contributed by atoms with E-state index < -0.39 is 11.9 Å². The summed E-state index contributed by atoms with van der Waals surface area (Å²) in [4.78, 5) is 11.1. The van der Waals surface area contributed by atoms with E-state index in [-0.39, 0.29) is 10.6 Å². The predicted molar refractivity (Wildman–Crippen MR) is 163 cm³/mol. The zero-order valence-corrected chi connectivity index (χ0v) is 24.4. The first kappa shape index (κ1) is 28.8. The van der Waals surface area contributed by atoms with E-state index in [1.54, 1.807) is 24.5 Å². The van der Waals surface area contributed by atoms with Crippen molar-refractivity contribution in [1.29, 1.82) is 5.26 Å². The van der Waals surface area contributed by atoms with Crippen LogP contribution in [-0.2, 0) is 11.3 Å². The Hall–Kier alpha value is -4.34. The van der Waals surface area contributed by atoms with Crippen molar-refractivity contribution in [2.75, 3.05) is 43.5 Å². The Morgan fingerprint density at radius 1 is 1.05 bits per heavy atom. The van der Waals surface area contributed by atoms with Gasteiger partial charge in [0.1, 0.15) is 17.6 Å². The van der Waals surface area contributed by atoms with E-state index >= 15 is 0 Å². The smallest absolute Gasteiger partial charge is 0.141 e. The summed E-state index contributed by atoms with van der Waals surface area (Å²) in [5.41, 5.74) is 3.99. The highest BCUT2D eigenvalue weighted by Crippen LogP contribution is 2.37. The fourth-order valence-corrected chi connectivity index (χ4v) is 5.39. The molecule has 1 aliphatic heterocycles. The van der Waals surface area contributed by atoms with E-state index in [1.165, 1.54) is 18.3 Å². The molecule has 0 bridgehead atoms. The lowest BCUT2D eigenvalue weighted by Crippen LogP contribution is -2.38. The van der Waals surface area contributed by atoms with Crippen molar-refractivity contribution in [3.05, 3.63) is 99.9 Å². The number of hydrogen-bond acceptors (Lipinski definition) is 9. The summed E-state index contributed by atoms with van der Waals surface area (Å²) < 4.78 is 21.1. The molecule has 2 N–H and O–H groups in total.